The van der Waals surface area contributed by atoms with Gasteiger partial charge < -0.3 is 8.92 Å². The van der Waals surface area contributed by atoms with Crippen LogP contribution in [0.1, 0.15) is 38.1 Å². The Balaban J connectivity index is 2.70. The Labute approximate surface area is 147 Å². The molecule has 0 fully saturated rings. The number of carbonyl (C=O) groups excluding carboxylic acids is 1. The van der Waals surface area contributed by atoms with Crippen LogP contribution >= 0.6 is 0 Å². The van der Waals surface area contributed by atoms with E-state index in [4.69, 9.17) is 4.74 Å². The second kappa shape index (κ2) is 6.41. The van der Waals surface area contributed by atoms with Crippen molar-refractivity contribution in [3.8, 4) is 5.88 Å². The Hall–Kier alpha value is -2.37. The Bertz CT molecular complexity index is 945. The van der Waals surface area contributed by atoms with Crippen LogP contribution in [0.15, 0.2) is 12.3 Å². The molecule has 0 bridgehead atoms. The largest absolute Gasteiger partial charge is 0.534 e. The predicted octanol–water partition coefficient (Wildman–Crippen LogP) is 2.59. The Morgan fingerprint density at radius 3 is 2.38 bits per heavy atom. The third-order valence-corrected chi connectivity index (χ3v) is 4.08. The molecule has 0 amide bonds. The predicted molar refractivity (Wildman–Crippen MR) is 84.1 cm³/mol. The van der Waals surface area contributed by atoms with Crippen LogP contribution < -0.4 is 4.18 Å². The third-order valence-electron chi connectivity index (χ3n) is 3.13. The van der Waals surface area contributed by atoms with E-state index in [1.165, 1.54) is 10.9 Å². The summed E-state index contributed by atoms with van der Waals surface area (Å²) in [5.41, 5.74) is -6.52. The molecule has 2 rings (SSSR count). The van der Waals surface area contributed by atoms with E-state index in [0.717, 1.165) is 6.07 Å². The van der Waals surface area contributed by atoms with Gasteiger partial charge in [0.2, 0.25) is 5.88 Å². The topological polar surface area (TPSA) is 100 Å². The quantitative estimate of drug-likeness (QED) is 0.446. The van der Waals surface area contributed by atoms with Crippen LogP contribution in [0.5, 0.6) is 5.88 Å². The van der Waals surface area contributed by atoms with Crippen LogP contribution in [0.2, 0.25) is 0 Å². The van der Waals surface area contributed by atoms with E-state index in [1.54, 1.807) is 27.7 Å². The van der Waals surface area contributed by atoms with Gasteiger partial charge >= 0.3 is 21.6 Å². The van der Waals surface area contributed by atoms with Crippen LogP contribution in [0, 0.1) is 0 Å². The SMILES string of the molecule is CCOC(=O)c1cc(OS(=O)(=O)C(F)(F)F)nc2c1cnn2C(C)(C)C. The van der Waals surface area contributed by atoms with Crippen molar-refractivity contribution in [2.75, 3.05) is 6.61 Å². The van der Waals surface area contributed by atoms with Gasteiger partial charge in [0, 0.05) is 6.07 Å². The first-order valence-electron chi connectivity index (χ1n) is 7.35. The highest BCUT2D eigenvalue weighted by molar-refractivity contribution is 7.87. The van der Waals surface area contributed by atoms with Crippen molar-refractivity contribution >= 4 is 27.1 Å². The zero-order valence-corrected chi connectivity index (χ0v) is 15.1. The number of nitrogens with zero attached hydrogens (tertiary/aromatic N) is 3. The summed E-state index contributed by atoms with van der Waals surface area (Å²) in [6, 6.07) is 0.776. The van der Waals surface area contributed by atoms with Crippen molar-refractivity contribution in [1.82, 2.24) is 14.8 Å². The fourth-order valence-electron chi connectivity index (χ4n) is 2.05. The summed E-state index contributed by atoms with van der Waals surface area (Å²) >= 11 is 0. The number of fused-ring (bicyclic) bond motifs is 1. The normalized spacial score (nSPS) is 13.0. The van der Waals surface area contributed by atoms with Gasteiger partial charge in [0.05, 0.1) is 29.3 Å². The molecule has 0 unspecified atom stereocenters. The number of halogens is 3. The second-order valence-electron chi connectivity index (χ2n) is 6.18. The van der Waals surface area contributed by atoms with Gasteiger partial charge in [0.1, 0.15) is 0 Å². The number of hydrogen-bond donors (Lipinski definition) is 0. The average Bonchev–Trinajstić information content (AvgIpc) is 2.88. The molecule has 12 heteroatoms. The van der Waals surface area contributed by atoms with E-state index in [1.807, 2.05) is 0 Å². The summed E-state index contributed by atoms with van der Waals surface area (Å²) in [4.78, 5) is 15.9. The number of pyridine rings is 1. The standard InChI is InChI=1S/C14H16F3N3O5S/c1-5-24-12(21)8-6-10(25-26(22,23)14(15,16)17)19-11-9(8)7-18-20(11)13(2,3)4/h6-7H,5H2,1-4H3. The van der Waals surface area contributed by atoms with E-state index in [2.05, 4.69) is 14.3 Å². The van der Waals surface area contributed by atoms with Crippen molar-refractivity contribution in [1.29, 1.82) is 0 Å². The molecule has 8 nitrogen and oxygen atoms in total. The van der Waals surface area contributed by atoms with Crippen LogP contribution in [-0.4, -0.2) is 41.3 Å². The van der Waals surface area contributed by atoms with E-state index in [0.29, 0.717) is 0 Å². The average molecular weight is 395 g/mol. The molecule has 144 valence electrons. The van der Waals surface area contributed by atoms with Crippen LogP contribution in [-0.2, 0) is 20.4 Å². The van der Waals surface area contributed by atoms with Crippen LogP contribution in [0.3, 0.4) is 0 Å². The molecule has 0 N–H and O–H groups in total. The van der Waals surface area contributed by atoms with E-state index in [9.17, 15) is 26.4 Å². The molecule has 0 radical (unpaired) electrons. The van der Waals surface area contributed by atoms with Gasteiger partial charge in [-0.1, -0.05) is 0 Å². The Kier molecular flexibility index (Phi) is 4.92. The minimum atomic E-state index is -5.95. The molecular weight excluding hydrogens is 379 g/mol. The fourth-order valence-corrected chi connectivity index (χ4v) is 2.45. The summed E-state index contributed by atoms with van der Waals surface area (Å²) in [5.74, 6) is -1.79. The van der Waals surface area contributed by atoms with Gasteiger partial charge in [-0.3, -0.25) is 0 Å². The minimum absolute atomic E-state index is 0.00704. The molecule has 26 heavy (non-hydrogen) atoms. The number of carbonyl (C=O) groups is 1. The first kappa shape index (κ1) is 19.9. The number of rotatable bonds is 4. The zero-order valence-electron chi connectivity index (χ0n) is 14.3. The fraction of sp³-hybridized carbons (Fsp3) is 0.500. The minimum Gasteiger partial charge on any atom is -0.462 e. The molecule has 0 aromatic carbocycles. The maximum atomic E-state index is 12.6. The highest BCUT2D eigenvalue weighted by atomic mass is 32.2. The van der Waals surface area contributed by atoms with Gasteiger partial charge in [0.25, 0.3) is 0 Å². The molecule has 0 atom stereocenters. The van der Waals surface area contributed by atoms with Gasteiger partial charge in [-0.25, -0.2) is 9.48 Å². The number of ether oxygens (including phenoxy) is 1. The van der Waals surface area contributed by atoms with Crippen molar-refractivity contribution in [3.63, 3.8) is 0 Å². The molecule has 0 aliphatic carbocycles. The van der Waals surface area contributed by atoms with Crippen molar-refractivity contribution in [3.05, 3.63) is 17.8 Å². The van der Waals surface area contributed by atoms with Crippen molar-refractivity contribution in [2.24, 2.45) is 0 Å². The summed E-state index contributed by atoms with van der Waals surface area (Å²) in [6.45, 7) is 6.77. The molecule has 2 aromatic rings. The monoisotopic (exact) mass is 395 g/mol. The molecule has 2 aromatic heterocycles. The van der Waals surface area contributed by atoms with Gasteiger partial charge in [-0.15, -0.1) is 0 Å². The molecule has 0 aliphatic heterocycles. The molecule has 0 saturated heterocycles. The number of aromatic nitrogens is 3. The van der Waals surface area contributed by atoms with Gasteiger partial charge in [0.15, 0.2) is 5.65 Å². The van der Waals surface area contributed by atoms with Crippen LogP contribution in [0.4, 0.5) is 13.2 Å². The Morgan fingerprint density at radius 2 is 1.88 bits per heavy atom. The van der Waals surface area contributed by atoms with E-state index in [-0.39, 0.29) is 23.2 Å². The molecule has 2 heterocycles. The lowest BCUT2D eigenvalue weighted by Crippen LogP contribution is -2.28. The number of esters is 1. The lowest BCUT2D eigenvalue weighted by molar-refractivity contribution is -0.0501. The smallest absolute Gasteiger partial charge is 0.462 e. The van der Waals surface area contributed by atoms with E-state index < -0.39 is 33.0 Å². The zero-order chi connectivity index (χ0) is 19.9. The summed E-state index contributed by atoms with van der Waals surface area (Å²) in [7, 11) is -5.95. The summed E-state index contributed by atoms with van der Waals surface area (Å²) in [5, 5.41) is 4.27. The highest BCUT2D eigenvalue weighted by Crippen LogP contribution is 2.30. The molecule has 0 saturated carbocycles. The summed E-state index contributed by atoms with van der Waals surface area (Å²) in [6.07, 6.45) is 1.29. The van der Waals surface area contributed by atoms with Gasteiger partial charge in [-0.2, -0.15) is 31.7 Å². The second-order valence-corrected chi connectivity index (χ2v) is 7.71. The third kappa shape index (κ3) is 3.74. The lowest BCUT2D eigenvalue weighted by Gasteiger charge is -2.20. The first-order valence-corrected chi connectivity index (χ1v) is 8.76. The number of alkyl halides is 3. The molecular formula is C14H16F3N3O5S. The highest BCUT2D eigenvalue weighted by Gasteiger charge is 2.49. The molecule has 0 aliphatic rings. The maximum absolute atomic E-state index is 12.6. The van der Waals surface area contributed by atoms with Gasteiger partial charge in [-0.05, 0) is 27.7 Å². The van der Waals surface area contributed by atoms with Crippen LogP contribution in [0.25, 0.3) is 11.0 Å². The Morgan fingerprint density at radius 1 is 1.27 bits per heavy atom. The molecule has 0 spiro atoms. The first-order chi connectivity index (χ1) is 11.8. The maximum Gasteiger partial charge on any atom is 0.534 e. The van der Waals surface area contributed by atoms with Crippen molar-refractivity contribution in [2.45, 2.75) is 38.7 Å². The van der Waals surface area contributed by atoms with E-state index >= 15 is 0 Å². The van der Waals surface area contributed by atoms with Crippen molar-refractivity contribution < 1.29 is 35.3 Å². The lowest BCUT2D eigenvalue weighted by atomic mass is 10.1. The number of hydrogen-bond acceptors (Lipinski definition) is 7. The summed E-state index contributed by atoms with van der Waals surface area (Å²) < 4.78 is 70.5.